The number of esters is 1. The van der Waals surface area contributed by atoms with Gasteiger partial charge in [0.25, 0.3) is 0 Å². The van der Waals surface area contributed by atoms with E-state index in [1.165, 1.54) is 7.11 Å². The molecule has 5 heteroatoms. The van der Waals surface area contributed by atoms with Gasteiger partial charge in [-0.1, -0.05) is 12.1 Å². The van der Waals surface area contributed by atoms with Crippen LogP contribution in [0.3, 0.4) is 0 Å². The molecule has 0 radical (unpaired) electrons. The van der Waals surface area contributed by atoms with Gasteiger partial charge in [-0.2, -0.15) is 0 Å². The number of ether oxygens (including phenoxy) is 3. The van der Waals surface area contributed by atoms with E-state index >= 15 is 0 Å². The summed E-state index contributed by atoms with van der Waals surface area (Å²) in [4.78, 5) is 12.1. The first-order valence-electron chi connectivity index (χ1n) is 6.64. The Morgan fingerprint density at radius 3 is 2.40 bits per heavy atom. The highest BCUT2D eigenvalue weighted by atomic mass is 16.5. The van der Waals surface area contributed by atoms with E-state index in [1.54, 1.807) is 14.0 Å². The third-order valence-corrected chi connectivity index (χ3v) is 3.12. The average molecular weight is 281 g/mol. The lowest BCUT2D eigenvalue weighted by Crippen LogP contribution is -2.48. The molecule has 0 aliphatic rings. The van der Waals surface area contributed by atoms with Crippen LogP contribution in [-0.4, -0.2) is 39.9 Å². The summed E-state index contributed by atoms with van der Waals surface area (Å²) in [5, 5.41) is 3.18. The Hall–Kier alpha value is -1.59. The van der Waals surface area contributed by atoms with Gasteiger partial charge in [0, 0.05) is 13.7 Å². The molecule has 1 N–H and O–H groups in total. The van der Waals surface area contributed by atoms with Crippen molar-refractivity contribution in [1.29, 1.82) is 0 Å². The molecule has 1 unspecified atom stereocenters. The molecule has 0 fully saturated rings. The number of hydrogen-bond acceptors (Lipinski definition) is 5. The molecule has 0 heterocycles. The van der Waals surface area contributed by atoms with Crippen molar-refractivity contribution < 1.29 is 19.0 Å². The van der Waals surface area contributed by atoms with E-state index in [4.69, 9.17) is 14.2 Å². The summed E-state index contributed by atoms with van der Waals surface area (Å²) in [6.07, 6.45) is 0. The third kappa shape index (κ3) is 3.95. The second-order valence-electron chi connectivity index (χ2n) is 4.49. The van der Waals surface area contributed by atoms with Crippen molar-refractivity contribution in [2.45, 2.75) is 19.4 Å². The lowest BCUT2D eigenvalue weighted by atomic mass is 9.92. The summed E-state index contributed by atoms with van der Waals surface area (Å²) in [6, 6.07) is 7.42. The molecule has 0 saturated heterocycles. The van der Waals surface area contributed by atoms with Gasteiger partial charge in [-0.3, -0.25) is 5.32 Å². The highest BCUT2D eigenvalue weighted by Crippen LogP contribution is 2.24. The van der Waals surface area contributed by atoms with E-state index in [9.17, 15) is 4.79 Å². The highest BCUT2D eigenvalue weighted by Gasteiger charge is 2.35. The van der Waals surface area contributed by atoms with Gasteiger partial charge >= 0.3 is 5.97 Å². The maximum Gasteiger partial charge on any atom is 0.330 e. The molecular weight excluding hydrogens is 258 g/mol. The minimum Gasteiger partial charge on any atom is -0.494 e. The zero-order valence-corrected chi connectivity index (χ0v) is 12.6. The maximum absolute atomic E-state index is 12.1. The Kier molecular flexibility index (Phi) is 6.48. The number of carbonyl (C=O) groups is 1. The lowest BCUT2D eigenvalue weighted by Gasteiger charge is -2.28. The van der Waals surface area contributed by atoms with Gasteiger partial charge in [-0.25, -0.2) is 4.79 Å². The van der Waals surface area contributed by atoms with Crippen LogP contribution < -0.4 is 10.1 Å². The molecule has 5 nitrogen and oxygen atoms in total. The molecule has 0 aromatic heterocycles. The van der Waals surface area contributed by atoms with Gasteiger partial charge in [-0.15, -0.1) is 0 Å². The maximum atomic E-state index is 12.1. The molecular formula is C15H23NO4. The molecule has 1 rings (SSSR count). The predicted molar refractivity (Wildman–Crippen MR) is 76.9 cm³/mol. The zero-order chi connectivity index (χ0) is 15.0. The van der Waals surface area contributed by atoms with Crippen LogP contribution in [0.4, 0.5) is 0 Å². The SMILES string of the molecule is CCOc1ccc(C(C)(NCCOC)C(=O)OC)cc1. The zero-order valence-electron chi connectivity index (χ0n) is 12.6. The summed E-state index contributed by atoms with van der Waals surface area (Å²) in [6.45, 7) is 5.40. The first kappa shape index (κ1) is 16.5. The molecule has 0 spiro atoms. The fourth-order valence-corrected chi connectivity index (χ4v) is 1.95. The summed E-state index contributed by atoms with van der Waals surface area (Å²) in [5.74, 6) is 0.443. The largest absolute Gasteiger partial charge is 0.494 e. The van der Waals surface area contributed by atoms with E-state index in [-0.39, 0.29) is 5.97 Å². The molecule has 1 atom stereocenters. The van der Waals surface area contributed by atoms with Crippen molar-refractivity contribution in [2.24, 2.45) is 0 Å². The summed E-state index contributed by atoms with van der Waals surface area (Å²) in [7, 11) is 3.00. The van der Waals surface area contributed by atoms with Crippen molar-refractivity contribution in [3.63, 3.8) is 0 Å². The monoisotopic (exact) mass is 281 g/mol. The van der Waals surface area contributed by atoms with Crippen molar-refractivity contribution in [3.05, 3.63) is 29.8 Å². The minimum absolute atomic E-state index is 0.335. The number of hydrogen-bond donors (Lipinski definition) is 1. The van der Waals surface area contributed by atoms with Gasteiger partial charge in [0.2, 0.25) is 0 Å². The third-order valence-electron chi connectivity index (χ3n) is 3.12. The van der Waals surface area contributed by atoms with E-state index < -0.39 is 5.54 Å². The van der Waals surface area contributed by atoms with Crippen molar-refractivity contribution >= 4 is 5.97 Å². The Morgan fingerprint density at radius 2 is 1.90 bits per heavy atom. The van der Waals surface area contributed by atoms with Crippen LogP contribution >= 0.6 is 0 Å². The van der Waals surface area contributed by atoms with Crippen LogP contribution in [0.25, 0.3) is 0 Å². The van der Waals surface area contributed by atoms with Gasteiger partial charge in [0.1, 0.15) is 11.3 Å². The number of nitrogens with one attached hydrogen (secondary N) is 1. The molecule has 0 aliphatic heterocycles. The Balaban J connectivity index is 2.94. The summed E-state index contributed by atoms with van der Waals surface area (Å²) in [5.41, 5.74) is -0.0817. The van der Waals surface area contributed by atoms with E-state index in [0.29, 0.717) is 19.8 Å². The molecule has 0 amide bonds. The topological polar surface area (TPSA) is 56.8 Å². The molecule has 112 valence electrons. The van der Waals surface area contributed by atoms with Crippen molar-refractivity contribution in [2.75, 3.05) is 34.0 Å². The second kappa shape index (κ2) is 7.87. The van der Waals surface area contributed by atoms with Gasteiger partial charge < -0.3 is 14.2 Å². The van der Waals surface area contributed by atoms with Crippen LogP contribution in [0.15, 0.2) is 24.3 Å². The standard InChI is InChI=1S/C15H23NO4/c1-5-20-13-8-6-12(7-9-13)15(2,14(17)19-4)16-10-11-18-3/h6-9,16H,5,10-11H2,1-4H3. The van der Waals surface area contributed by atoms with Crippen LogP contribution in [-0.2, 0) is 19.8 Å². The molecule has 20 heavy (non-hydrogen) atoms. The van der Waals surface area contributed by atoms with E-state index in [1.807, 2.05) is 31.2 Å². The predicted octanol–water partition coefficient (Wildman–Crippen LogP) is 1.71. The first-order valence-corrected chi connectivity index (χ1v) is 6.64. The molecule has 1 aromatic carbocycles. The van der Waals surface area contributed by atoms with Crippen molar-refractivity contribution in [1.82, 2.24) is 5.32 Å². The van der Waals surface area contributed by atoms with Gasteiger partial charge in [0.15, 0.2) is 0 Å². The lowest BCUT2D eigenvalue weighted by molar-refractivity contribution is -0.148. The van der Waals surface area contributed by atoms with Crippen LogP contribution in [0.5, 0.6) is 5.75 Å². The van der Waals surface area contributed by atoms with Gasteiger partial charge in [-0.05, 0) is 31.5 Å². The van der Waals surface area contributed by atoms with Gasteiger partial charge in [0.05, 0.1) is 20.3 Å². The highest BCUT2D eigenvalue weighted by molar-refractivity contribution is 5.82. The first-order chi connectivity index (χ1) is 9.58. The van der Waals surface area contributed by atoms with Crippen molar-refractivity contribution in [3.8, 4) is 5.75 Å². The minimum atomic E-state index is -0.905. The summed E-state index contributed by atoms with van der Waals surface area (Å²) < 4.78 is 15.3. The van der Waals surface area contributed by atoms with Crippen LogP contribution in [0.1, 0.15) is 19.4 Å². The molecule has 0 saturated carbocycles. The Labute approximate surface area is 120 Å². The smallest absolute Gasteiger partial charge is 0.330 e. The number of methoxy groups -OCH3 is 2. The summed E-state index contributed by atoms with van der Waals surface area (Å²) >= 11 is 0. The molecule has 1 aromatic rings. The van der Waals surface area contributed by atoms with Crippen LogP contribution in [0.2, 0.25) is 0 Å². The average Bonchev–Trinajstić information content (AvgIpc) is 2.47. The fraction of sp³-hybridized carbons (Fsp3) is 0.533. The normalized spacial score (nSPS) is 13.6. The van der Waals surface area contributed by atoms with Crippen LogP contribution in [0, 0.1) is 0 Å². The van der Waals surface area contributed by atoms with E-state index in [2.05, 4.69) is 5.32 Å². The second-order valence-corrected chi connectivity index (χ2v) is 4.49. The quantitative estimate of drug-likeness (QED) is 0.580. The number of rotatable bonds is 8. The fourth-order valence-electron chi connectivity index (χ4n) is 1.95. The number of carbonyl (C=O) groups excluding carboxylic acids is 1. The van der Waals surface area contributed by atoms with E-state index in [0.717, 1.165) is 11.3 Å². The molecule has 0 aliphatic carbocycles. The molecule has 0 bridgehead atoms. The Morgan fingerprint density at radius 1 is 1.25 bits per heavy atom. The Bertz CT molecular complexity index is 418. The number of benzene rings is 1.